The summed E-state index contributed by atoms with van der Waals surface area (Å²) >= 11 is 3.40. The SMILES string of the molecule is COc1ccc(C)cc1-c1ccc(Br)[nH]1. The molecule has 1 aromatic heterocycles. The Morgan fingerprint density at radius 2 is 2.00 bits per heavy atom. The van der Waals surface area contributed by atoms with Gasteiger partial charge in [-0.25, -0.2) is 0 Å². The van der Waals surface area contributed by atoms with Crippen molar-refractivity contribution in [1.82, 2.24) is 4.98 Å². The summed E-state index contributed by atoms with van der Waals surface area (Å²) in [7, 11) is 1.69. The molecule has 0 saturated carbocycles. The van der Waals surface area contributed by atoms with Crippen molar-refractivity contribution in [2.45, 2.75) is 6.92 Å². The predicted molar refractivity (Wildman–Crippen MR) is 65.2 cm³/mol. The van der Waals surface area contributed by atoms with E-state index in [9.17, 15) is 0 Å². The van der Waals surface area contributed by atoms with E-state index in [1.54, 1.807) is 7.11 Å². The van der Waals surface area contributed by atoms with Crippen LogP contribution in [0.5, 0.6) is 5.75 Å². The number of benzene rings is 1. The maximum Gasteiger partial charge on any atom is 0.128 e. The number of nitrogens with one attached hydrogen (secondary N) is 1. The standard InChI is InChI=1S/C12H12BrNO/c1-8-3-5-11(15-2)9(7-8)10-4-6-12(13)14-10/h3-7,14H,1-2H3. The first-order valence-corrected chi connectivity index (χ1v) is 5.49. The number of H-pyrrole nitrogens is 1. The van der Waals surface area contributed by atoms with Crippen LogP contribution in [-0.2, 0) is 0 Å². The number of ether oxygens (including phenoxy) is 1. The minimum absolute atomic E-state index is 0.884. The third kappa shape index (κ3) is 2.07. The molecular weight excluding hydrogens is 254 g/mol. The van der Waals surface area contributed by atoms with Crippen LogP contribution in [0, 0.1) is 6.92 Å². The third-order valence-corrected chi connectivity index (χ3v) is 2.76. The van der Waals surface area contributed by atoms with E-state index in [0.29, 0.717) is 0 Å². The van der Waals surface area contributed by atoms with Crippen LogP contribution >= 0.6 is 15.9 Å². The maximum absolute atomic E-state index is 5.33. The number of hydrogen-bond acceptors (Lipinski definition) is 1. The van der Waals surface area contributed by atoms with Crippen LogP contribution < -0.4 is 4.74 Å². The molecule has 1 N–H and O–H groups in total. The minimum Gasteiger partial charge on any atom is -0.496 e. The average Bonchev–Trinajstić information content (AvgIpc) is 2.65. The Balaban J connectivity index is 2.55. The molecule has 2 aromatic rings. The lowest BCUT2D eigenvalue weighted by atomic mass is 10.1. The van der Waals surface area contributed by atoms with Crippen molar-refractivity contribution in [3.63, 3.8) is 0 Å². The maximum atomic E-state index is 5.33. The molecule has 0 saturated heterocycles. The molecule has 15 heavy (non-hydrogen) atoms. The first-order valence-electron chi connectivity index (χ1n) is 4.70. The highest BCUT2D eigenvalue weighted by molar-refractivity contribution is 9.10. The van der Waals surface area contributed by atoms with E-state index in [0.717, 1.165) is 21.6 Å². The summed E-state index contributed by atoms with van der Waals surface area (Å²) in [6.07, 6.45) is 0. The number of methoxy groups -OCH3 is 1. The molecule has 0 fully saturated rings. The molecule has 0 aliphatic heterocycles. The Kier molecular flexibility index (Phi) is 2.82. The summed E-state index contributed by atoms with van der Waals surface area (Å²) < 4.78 is 6.30. The van der Waals surface area contributed by atoms with Crippen molar-refractivity contribution in [3.05, 3.63) is 40.5 Å². The van der Waals surface area contributed by atoms with Crippen molar-refractivity contribution >= 4 is 15.9 Å². The van der Waals surface area contributed by atoms with Gasteiger partial charge in [0.25, 0.3) is 0 Å². The van der Waals surface area contributed by atoms with E-state index in [1.165, 1.54) is 5.56 Å². The molecule has 78 valence electrons. The summed E-state index contributed by atoms with van der Waals surface area (Å²) in [4.78, 5) is 3.23. The fourth-order valence-corrected chi connectivity index (χ4v) is 1.90. The number of aromatic amines is 1. The van der Waals surface area contributed by atoms with E-state index in [2.05, 4.69) is 33.9 Å². The molecule has 3 heteroatoms. The second-order valence-electron chi connectivity index (χ2n) is 3.42. The van der Waals surface area contributed by atoms with Gasteiger partial charge in [0.2, 0.25) is 0 Å². The number of hydrogen-bond donors (Lipinski definition) is 1. The number of halogens is 1. The molecular formula is C12H12BrNO. The molecule has 0 spiro atoms. The number of aryl methyl sites for hydroxylation is 1. The van der Waals surface area contributed by atoms with Crippen LogP contribution in [-0.4, -0.2) is 12.1 Å². The molecule has 0 bridgehead atoms. The Morgan fingerprint density at radius 1 is 1.20 bits per heavy atom. The average molecular weight is 266 g/mol. The monoisotopic (exact) mass is 265 g/mol. The zero-order valence-electron chi connectivity index (χ0n) is 8.67. The highest BCUT2D eigenvalue weighted by atomic mass is 79.9. The fourth-order valence-electron chi connectivity index (χ4n) is 1.56. The summed E-state index contributed by atoms with van der Waals surface area (Å²) in [6, 6.07) is 10.1. The molecule has 2 rings (SSSR count). The van der Waals surface area contributed by atoms with E-state index >= 15 is 0 Å². The van der Waals surface area contributed by atoms with Gasteiger partial charge in [-0.3, -0.25) is 0 Å². The molecule has 0 aliphatic rings. The predicted octanol–water partition coefficient (Wildman–Crippen LogP) is 3.76. The molecule has 0 amide bonds. The van der Waals surface area contributed by atoms with Gasteiger partial charge in [0.15, 0.2) is 0 Å². The quantitative estimate of drug-likeness (QED) is 0.879. The van der Waals surface area contributed by atoms with E-state index in [4.69, 9.17) is 4.74 Å². The Bertz CT molecular complexity index is 476. The van der Waals surface area contributed by atoms with Gasteiger partial charge in [-0.2, -0.15) is 0 Å². The normalized spacial score (nSPS) is 10.3. The van der Waals surface area contributed by atoms with Crippen molar-refractivity contribution in [2.75, 3.05) is 7.11 Å². The van der Waals surface area contributed by atoms with Crippen LogP contribution in [0.2, 0.25) is 0 Å². The fraction of sp³-hybridized carbons (Fsp3) is 0.167. The zero-order chi connectivity index (χ0) is 10.8. The van der Waals surface area contributed by atoms with Gasteiger partial charge in [-0.15, -0.1) is 0 Å². The number of rotatable bonds is 2. The van der Waals surface area contributed by atoms with Gasteiger partial charge in [0.1, 0.15) is 5.75 Å². The topological polar surface area (TPSA) is 25.0 Å². The highest BCUT2D eigenvalue weighted by Gasteiger charge is 2.07. The lowest BCUT2D eigenvalue weighted by Gasteiger charge is -2.07. The van der Waals surface area contributed by atoms with Crippen molar-refractivity contribution < 1.29 is 4.74 Å². The smallest absolute Gasteiger partial charge is 0.128 e. The van der Waals surface area contributed by atoms with Crippen molar-refractivity contribution in [1.29, 1.82) is 0 Å². The van der Waals surface area contributed by atoms with Crippen LogP contribution in [0.25, 0.3) is 11.3 Å². The van der Waals surface area contributed by atoms with Crippen LogP contribution in [0.1, 0.15) is 5.56 Å². The molecule has 0 atom stereocenters. The van der Waals surface area contributed by atoms with Gasteiger partial charge < -0.3 is 9.72 Å². The summed E-state index contributed by atoms with van der Waals surface area (Å²) in [6.45, 7) is 2.07. The second kappa shape index (κ2) is 4.11. The van der Waals surface area contributed by atoms with Gasteiger partial charge in [0, 0.05) is 11.3 Å². The van der Waals surface area contributed by atoms with Crippen molar-refractivity contribution in [3.8, 4) is 17.0 Å². The lowest BCUT2D eigenvalue weighted by molar-refractivity contribution is 0.416. The van der Waals surface area contributed by atoms with E-state index < -0.39 is 0 Å². The second-order valence-corrected chi connectivity index (χ2v) is 4.28. The summed E-state index contributed by atoms with van der Waals surface area (Å²) in [5, 5.41) is 0. The van der Waals surface area contributed by atoms with E-state index in [1.807, 2.05) is 24.3 Å². The summed E-state index contributed by atoms with van der Waals surface area (Å²) in [5.74, 6) is 0.884. The molecule has 0 aliphatic carbocycles. The van der Waals surface area contributed by atoms with Gasteiger partial charge in [0.05, 0.1) is 11.7 Å². The third-order valence-electron chi connectivity index (χ3n) is 2.30. The van der Waals surface area contributed by atoms with Crippen LogP contribution in [0.15, 0.2) is 34.9 Å². The first-order chi connectivity index (χ1) is 7.20. The zero-order valence-corrected chi connectivity index (χ0v) is 10.3. The Morgan fingerprint density at radius 3 is 2.60 bits per heavy atom. The minimum atomic E-state index is 0.884. The Hall–Kier alpha value is -1.22. The van der Waals surface area contributed by atoms with Gasteiger partial charge in [-0.05, 0) is 47.1 Å². The first kappa shape index (κ1) is 10.3. The number of aromatic nitrogens is 1. The lowest BCUT2D eigenvalue weighted by Crippen LogP contribution is -1.88. The summed E-state index contributed by atoms with van der Waals surface area (Å²) in [5.41, 5.74) is 3.36. The van der Waals surface area contributed by atoms with Crippen LogP contribution in [0.4, 0.5) is 0 Å². The van der Waals surface area contributed by atoms with E-state index in [-0.39, 0.29) is 0 Å². The highest BCUT2D eigenvalue weighted by Crippen LogP contribution is 2.30. The Labute approximate surface area is 97.4 Å². The van der Waals surface area contributed by atoms with Crippen molar-refractivity contribution in [2.24, 2.45) is 0 Å². The molecule has 1 heterocycles. The molecule has 2 nitrogen and oxygen atoms in total. The van der Waals surface area contributed by atoms with Gasteiger partial charge >= 0.3 is 0 Å². The van der Waals surface area contributed by atoms with Gasteiger partial charge in [-0.1, -0.05) is 11.6 Å². The molecule has 0 unspecified atom stereocenters. The van der Waals surface area contributed by atoms with Crippen LogP contribution in [0.3, 0.4) is 0 Å². The largest absolute Gasteiger partial charge is 0.496 e. The molecule has 0 radical (unpaired) electrons. The molecule has 1 aromatic carbocycles.